The van der Waals surface area contributed by atoms with Gasteiger partial charge in [0.15, 0.2) is 5.75 Å². The van der Waals surface area contributed by atoms with Crippen molar-refractivity contribution in [3.8, 4) is 5.75 Å². The molecule has 1 heterocycles. The van der Waals surface area contributed by atoms with Gasteiger partial charge in [-0.1, -0.05) is 34.1 Å². The molecule has 25 heavy (non-hydrogen) atoms. The van der Waals surface area contributed by atoms with E-state index < -0.39 is 5.97 Å². The number of carbonyl (C=O) groups is 1. The molecule has 0 bridgehead atoms. The van der Waals surface area contributed by atoms with E-state index in [1.165, 1.54) is 26.4 Å². The number of methoxy groups -OCH3 is 2. The zero-order valence-electron chi connectivity index (χ0n) is 13.9. The molecule has 0 fully saturated rings. The second kappa shape index (κ2) is 7.27. The van der Waals surface area contributed by atoms with Crippen LogP contribution in [0.1, 0.15) is 21.5 Å². The molecule has 0 amide bonds. The molecule has 4 nitrogen and oxygen atoms in total. The van der Waals surface area contributed by atoms with Gasteiger partial charge in [0.2, 0.25) is 0 Å². The van der Waals surface area contributed by atoms with Crippen molar-refractivity contribution >= 4 is 33.7 Å². The fourth-order valence-corrected chi connectivity index (χ4v) is 3.41. The van der Waals surface area contributed by atoms with Crippen LogP contribution in [0.2, 0.25) is 0 Å². The van der Waals surface area contributed by atoms with E-state index in [1.807, 2.05) is 0 Å². The highest BCUT2D eigenvalue weighted by Gasteiger charge is 2.24. The lowest BCUT2D eigenvalue weighted by atomic mass is 9.97. The highest BCUT2D eigenvalue weighted by molar-refractivity contribution is 9.10. The van der Waals surface area contributed by atoms with Crippen LogP contribution in [0, 0.1) is 5.82 Å². The number of hydrogen-bond acceptors (Lipinski definition) is 4. The third-order valence-corrected chi connectivity index (χ3v) is 4.72. The Labute approximate surface area is 153 Å². The average molecular weight is 406 g/mol. The molecule has 1 N–H and O–H groups in total. The molecule has 0 aromatic heterocycles. The van der Waals surface area contributed by atoms with E-state index in [1.54, 1.807) is 18.2 Å². The van der Waals surface area contributed by atoms with Gasteiger partial charge in [0.1, 0.15) is 11.4 Å². The molecule has 6 heteroatoms. The van der Waals surface area contributed by atoms with Crippen molar-refractivity contribution in [3.63, 3.8) is 0 Å². The quantitative estimate of drug-likeness (QED) is 0.764. The summed E-state index contributed by atoms with van der Waals surface area (Å²) < 4.78 is 24.1. The maximum absolute atomic E-state index is 13.0. The summed E-state index contributed by atoms with van der Waals surface area (Å²) in [6.07, 6.45) is 2.77. The van der Waals surface area contributed by atoms with Crippen LogP contribution in [0.3, 0.4) is 0 Å². The van der Waals surface area contributed by atoms with Crippen LogP contribution in [0.25, 0.3) is 6.08 Å². The molecular weight excluding hydrogens is 389 g/mol. The molecule has 0 saturated carbocycles. The highest BCUT2D eigenvalue weighted by Crippen LogP contribution is 2.41. The van der Waals surface area contributed by atoms with Gasteiger partial charge in [0.05, 0.1) is 19.9 Å². The zero-order valence-corrected chi connectivity index (χ0v) is 15.4. The lowest BCUT2D eigenvalue weighted by Gasteiger charge is -2.23. The summed E-state index contributed by atoms with van der Waals surface area (Å²) in [5.74, 6) is -0.238. The minimum absolute atomic E-state index is 0.243. The van der Waals surface area contributed by atoms with E-state index >= 15 is 0 Å². The van der Waals surface area contributed by atoms with Crippen molar-refractivity contribution < 1.29 is 18.7 Å². The minimum atomic E-state index is -0.455. The number of carbonyl (C=O) groups excluding carboxylic acids is 1. The lowest BCUT2D eigenvalue weighted by Crippen LogP contribution is -2.16. The van der Waals surface area contributed by atoms with Gasteiger partial charge in [0, 0.05) is 16.6 Å². The van der Waals surface area contributed by atoms with E-state index in [0.29, 0.717) is 24.3 Å². The molecule has 0 saturated heterocycles. The van der Waals surface area contributed by atoms with E-state index in [-0.39, 0.29) is 5.82 Å². The van der Waals surface area contributed by atoms with Crippen LogP contribution in [0.4, 0.5) is 10.1 Å². The summed E-state index contributed by atoms with van der Waals surface area (Å²) in [4.78, 5) is 12.0. The third kappa shape index (κ3) is 3.54. The first-order chi connectivity index (χ1) is 12.0. The Morgan fingerprint density at radius 2 is 2.00 bits per heavy atom. The largest absolute Gasteiger partial charge is 0.494 e. The molecule has 0 aliphatic carbocycles. The topological polar surface area (TPSA) is 47.6 Å². The van der Waals surface area contributed by atoms with Gasteiger partial charge in [0.25, 0.3) is 0 Å². The Morgan fingerprint density at radius 1 is 1.28 bits per heavy atom. The number of fused-ring (bicyclic) bond motifs is 1. The number of esters is 1. The van der Waals surface area contributed by atoms with Gasteiger partial charge < -0.3 is 14.8 Å². The molecule has 0 atom stereocenters. The van der Waals surface area contributed by atoms with E-state index in [0.717, 1.165) is 26.9 Å². The van der Waals surface area contributed by atoms with Crippen LogP contribution < -0.4 is 10.1 Å². The van der Waals surface area contributed by atoms with E-state index in [9.17, 15) is 9.18 Å². The Balaban J connectivity index is 1.98. The fraction of sp³-hybridized carbons (Fsp3) is 0.211. The lowest BCUT2D eigenvalue weighted by molar-refractivity contribution is 0.0597. The number of hydrogen-bond donors (Lipinski definition) is 1. The average Bonchev–Trinajstić information content (AvgIpc) is 2.63. The summed E-state index contributed by atoms with van der Waals surface area (Å²) in [6, 6.07) is 8.18. The summed E-state index contributed by atoms with van der Waals surface area (Å²) in [6.45, 7) is 0.609. The number of nitrogens with one attached hydrogen (secondary N) is 1. The monoisotopic (exact) mass is 405 g/mol. The molecular formula is C19H17BrFNO3. The van der Waals surface area contributed by atoms with Crippen LogP contribution in [0.5, 0.6) is 5.75 Å². The minimum Gasteiger partial charge on any atom is -0.494 e. The number of benzene rings is 2. The number of ether oxygens (including phenoxy) is 2. The number of anilines is 1. The molecule has 130 valence electrons. The van der Waals surface area contributed by atoms with E-state index in [2.05, 4.69) is 27.3 Å². The van der Waals surface area contributed by atoms with Crippen LogP contribution >= 0.6 is 15.9 Å². The Morgan fingerprint density at radius 3 is 2.64 bits per heavy atom. The maximum atomic E-state index is 13.0. The molecule has 0 spiro atoms. The molecule has 0 radical (unpaired) electrons. The van der Waals surface area contributed by atoms with Gasteiger partial charge >= 0.3 is 5.97 Å². The van der Waals surface area contributed by atoms with Gasteiger partial charge in [-0.2, -0.15) is 0 Å². The van der Waals surface area contributed by atoms with E-state index in [4.69, 9.17) is 9.47 Å². The predicted molar refractivity (Wildman–Crippen MR) is 98.6 cm³/mol. The zero-order chi connectivity index (χ0) is 18.0. The molecule has 1 aliphatic rings. The van der Waals surface area contributed by atoms with Crippen molar-refractivity contribution in [2.24, 2.45) is 0 Å². The molecule has 3 rings (SSSR count). The molecule has 1 aliphatic heterocycles. The van der Waals surface area contributed by atoms with Crippen molar-refractivity contribution in [1.82, 2.24) is 0 Å². The van der Waals surface area contributed by atoms with Crippen molar-refractivity contribution in [3.05, 3.63) is 62.9 Å². The summed E-state index contributed by atoms with van der Waals surface area (Å²) in [5.41, 5.74) is 4.20. The van der Waals surface area contributed by atoms with Crippen molar-refractivity contribution in [1.29, 1.82) is 0 Å². The van der Waals surface area contributed by atoms with Gasteiger partial charge in [-0.25, -0.2) is 9.18 Å². The maximum Gasteiger partial charge on any atom is 0.341 e. The Hall–Kier alpha value is -2.34. The first-order valence-electron chi connectivity index (χ1n) is 7.70. The van der Waals surface area contributed by atoms with Gasteiger partial charge in [-0.3, -0.25) is 0 Å². The summed E-state index contributed by atoms with van der Waals surface area (Å²) >= 11 is 3.52. The Bertz CT molecular complexity index is 847. The standard InChI is InChI=1S/C19H17BrFNO3/c1-24-18-15(19(23)25-2)9-16(20)14-8-12(10-22-17(14)18)7-11-3-5-13(21)6-4-11/h3-6,8-9,22H,7,10H2,1-2H3. The molecule has 0 unspecified atom stereocenters. The summed E-state index contributed by atoms with van der Waals surface area (Å²) in [5, 5.41) is 3.32. The van der Waals surface area contributed by atoms with Gasteiger partial charge in [-0.15, -0.1) is 0 Å². The summed E-state index contributed by atoms with van der Waals surface area (Å²) in [7, 11) is 2.86. The third-order valence-electron chi connectivity index (χ3n) is 4.06. The first-order valence-corrected chi connectivity index (χ1v) is 8.49. The van der Waals surface area contributed by atoms with Gasteiger partial charge in [-0.05, 0) is 35.8 Å². The smallest absolute Gasteiger partial charge is 0.341 e. The Kier molecular flexibility index (Phi) is 5.08. The van der Waals surface area contributed by atoms with Crippen LogP contribution in [-0.4, -0.2) is 26.7 Å². The normalized spacial score (nSPS) is 12.7. The number of halogens is 2. The highest BCUT2D eigenvalue weighted by atomic mass is 79.9. The number of rotatable bonds is 4. The van der Waals surface area contributed by atoms with Crippen molar-refractivity contribution in [2.45, 2.75) is 6.42 Å². The second-order valence-electron chi connectivity index (χ2n) is 5.68. The first kappa shape index (κ1) is 17.5. The predicted octanol–water partition coefficient (Wildman–Crippen LogP) is 4.44. The SMILES string of the molecule is COC(=O)c1cc(Br)c2c(c1OC)NCC(Cc1ccc(F)cc1)=C2. The van der Waals surface area contributed by atoms with Crippen LogP contribution in [0.15, 0.2) is 40.4 Å². The molecule has 2 aromatic rings. The fourth-order valence-electron chi connectivity index (χ4n) is 2.87. The van der Waals surface area contributed by atoms with Crippen LogP contribution in [-0.2, 0) is 11.2 Å². The molecule has 2 aromatic carbocycles. The second-order valence-corrected chi connectivity index (χ2v) is 6.53. The van der Waals surface area contributed by atoms with Crippen molar-refractivity contribution in [2.75, 3.05) is 26.1 Å².